The third-order valence-corrected chi connectivity index (χ3v) is 7.42. The van der Waals surface area contributed by atoms with E-state index in [1.54, 1.807) is 6.26 Å². The summed E-state index contributed by atoms with van der Waals surface area (Å²) in [4.78, 5) is 13.2. The second-order valence-electron chi connectivity index (χ2n) is 8.68. The average Bonchev–Trinajstić information content (AvgIpc) is 3.45. The number of carbonyl (C=O) groups excluding carboxylic acids is 1. The number of nitrogens with one attached hydrogen (secondary N) is 1. The summed E-state index contributed by atoms with van der Waals surface area (Å²) in [6.07, 6.45) is 4.79. The van der Waals surface area contributed by atoms with E-state index in [0.717, 1.165) is 42.0 Å². The van der Waals surface area contributed by atoms with Gasteiger partial charge in [-0.15, -0.1) is 10.2 Å². The van der Waals surface area contributed by atoms with E-state index in [1.807, 2.05) is 44.2 Å². The molecule has 1 aliphatic rings. The zero-order valence-corrected chi connectivity index (χ0v) is 20.2. The number of furan rings is 1. The Kier molecular flexibility index (Phi) is 6.54. The van der Waals surface area contributed by atoms with Gasteiger partial charge in [0.25, 0.3) is 0 Å². The first-order valence-electron chi connectivity index (χ1n) is 11.7. The Morgan fingerprint density at radius 3 is 2.74 bits per heavy atom. The molecular formula is C27H28N4O2S. The molecule has 1 aliphatic carbocycles. The van der Waals surface area contributed by atoms with E-state index in [2.05, 4.69) is 50.4 Å². The van der Waals surface area contributed by atoms with Crippen LogP contribution in [0.4, 0.5) is 0 Å². The van der Waals surface area contributed by atoms with Gasteiger partial charge < -0.3 is 9.73 Å². The van der Waals surface area contributed by atoms with E-state index in [-0.39, 0.29) is 17.2 Å². The van der Waals surface area contributed by atoms with Crippen molar-refractivity contribution in [2.75, 3.05) is 0 Å². The van der Waals surface area contributed by atoms with E-state index in [0.29, 0.717) is 11.7 Å². The lowest BCUT2D eigenvalue weighted by Crippen LogP contribution is -2.36. The second-order valence-corrected chi connectivity index (χ2v) is 9.99. The molecule has 6 nitrogen and oxygen atoms in total. The van der Waals surface area contributed by atoms with Gasteiger partial charge in [0.2, 0.25) is 5.91 Å². The molecule has 0 fully saturated rings. The maximum atomic E-state index is 13.2. The summed E-state index contributed by atoms with van der Waals surface area (Å²) in [5.41, 5.74) is 4.63. The number of aromatic nitrogens is 3. The highest BCUT2D eigenvalue weighted by Gasteiger charge is 2.26. The molecule has 2 unspecified atom stereocenters. The molecule has 4 aromatic rings. The van der Waals surface area contributed by atoms with Crippen LogP contribution in [0.1, 0.15) is 48.3 Å². The lowest BCUT2D eigenvalue weighted by atomic mass is 9.88. The monoisotopic (exact) mass is 472 g/mol. The average molecular weight is 473 g/mol. The standard InChI is InChI=1S/C27H28N4O2S/c1-18-22(15-16-33-18)25-29-30-27(31(25)17-20-9-4-3-5-10-20)34-19(2)26(32)28-24-14-8-12-21-11-6-7-13-23(21)24/h3-7,9-11,13,15-16,19,24H,8,12,14,17H2,1-2H3,(H,28,32). The van der Waals surface area contributed by atoms with Crippen LogP contribution in [-0.4, -0.2) is 25.9 Å². The normalized spacial score (nSPS) is 16.1. The van der Waals surface area contributed by atoms with Gasteiger partial charge in [0, 0.05) is 0 Å². The van der Waals surface area contributed by atoms with Crippen LogP contribution in [0.25, 0.3) is 11.4 Å². The van der Waals surface area contributed by atoms with E-state index in [4.69, 9.17) is 4.42 Å². The first-order valence-corrected chi connectivity index (χ1v) is 12.5. The Morgan fingerprint density at radius 2 is 1.94 bits per heavy atom. The fraction of sp³-hybridized carbons (Fsp3) is 0.296. The number of amides is 1. The first-order chi connectivity index (χ1) is 16.6. The molecule has 5 rings (SSSR count). The topological polar surface area (TPSA) is 72.9 Å². The van der Waals surface area contributed by atoms with Crippen molar-refractivity contribution in [1.82, 2.24) is 20.1 Å². The fourth-order valence-electron chi connectivity index (χ4n) is 4.51. The predicted octanol–water partition coefficient (Wildman–Crippen LogP) is 5.57. The van der Waals surface area contributed by atoms with Gasteiger partial charge in [0.1, 0.15) is 5.76 Å². The number of aryl methyl sites for hydroxylation is 2. The number of hydrogen-bond acceptors (Lipinski definition) is 5. The van der Waals surface area contributed by atoms with Crippen molar-refractivity contribution < 1.29 is 9.21 Å². The minimum atomic E-state index is -0.314. The van der Waals surface area contributed by atoms with Crippen molar-refractivity contribution in [2.45, 2.75) is 56.1 Å². The van der Waals surface area contributed by atoms with Crippen LogP contribution < -0.4 is 5.32 Å². The third kappa shape index (κ3) is 4.66. The van der Waals surface area contributed by atoms with Crippen LogP contribution in [0, 0.1) is 6.92 Å². The number of benzene rings is 2. The molecule has 0 bridgehead atoms. The molecule has 0 saturated carbocycles. The summed E-state index contributed by atoms with van der Waals surface area (Å²) < 4.78 is 7.58. The van der Waals surface area contributed by atoms with Crippen molar-refractivity contribution in [3.05, 3.63) is 89.4 Å². The Bertz CT molecular complexity index is 1280. The summed E-state index contributed by atoms with van der Waals surface area (Å²) in [5, 5.41) is 12.6. The molecule has 1 N–H and O–H groups in total. The molecule has 1 amide bonds. The van der Waals surface area contributed by atoms with Gasteiger partial charge in [-0.2, -0.15) is 0 Å². The number of rotatable bonds is 7. The number of nitrogens with zero attached hydrogens (tertiary/aromatic N) is 3. The molecule has 0 aliphatic heterocycles. The van der Waals surface area contributed by atoms with Crippen molar-refractivity contribution in [3.8, 4) is 11.4 Å². The molecule has 2 aromatic heterocycles. The minimum absolute atomic E-state index is 0.0157. The highest BCUT2D eigenvalue weighted by molar-refractivity contribution is 8.00. The molecular weight excluding hydrogens is 444 g/mol. The van der Waals surface area contributed by atoms with Crippen molar-refractivity contribution in [1.29, 1.82) is 0 Å². The highest BCUT2D eigenvalue weighted by Crippen LogP contribution is 2.32. The van der Waals surface area contributed by atoms with Gasteiger partial charge in [-0.25, -0.2) is 0 Å². The molecule has 0 saturated heterocycles. The van der Waals surface area contributed by atoms with E-state index < -0.39 is 0 Å². The summed E-state index contributed by atoms with van der Waals surface area (Å²) in [7, 11) is 0. The van der Waals surface area contributed by atoms with Gasteiger partial charge in [-0.3, -0.25) is 9.36 Å². The second kappa shape index (κ2) is 9.89. The molecule has 174 valence electrons. The van der Waals surface area contributed by atoms with Gasteiger partial charge in [0.05, 0.1) is 29.7 Å². The molecule has 7 heteroatoms. The number of fused-ring (bicyclic) bond motifs is 1. The van der Waals surface area contributed by atoms with Gasteiger partial charge in [0.15, 0.2) is 11.0 Å². The SMILES string of the molecule is Cc1occc1-c1nnc(SC(C)C(=O)NC2CCCc3ccccc32)n1Cc1ccccc1. The highest BCUT2D eigenvalue weighted by atomic mass is 32.2. The Balaban J connectivity index is 1.37. The summed E-state index contributed by atoms with van der Waals surface area (Å²) in [5.74, 6) is 1.55. The molecule has 0 radical (unpaired) electrons. The van der Waals surface area contributed by atoms with Crippen LogP contribution >= 0.6 is 11.8 Å². The molecule has 0 spiro atoms. The number of hydrogen-bond donors (Lipinski definition) is 1. The zero-order chi connectivity index (χ0) is 23.5. The molecule has 2 atom stereocenters. The van der Waals surface area contributed by atoms with E-state index in [9.17, 15) is 4.79 Å². The van der Waals surface area contributed by atoms with Crippen LogP contribution in [0.15, 0.2) is 76.5 Å². The van der Waals surface area contributed by atoms with Gasteiger partial charge in [-0.05, 0) is 55.9 Å². The quantitative estimate of drug-likeness (QED) is 0.356. The summed E-state index contributed by atoms with van der Waals surface area (Å²) >= 11 is 1.44. The Labute approximate surface area is 203 Å². The smallest absolute Gasteiger partial charge is 0.233 e. The Hall–Kier alpha value is -3.32. The molecule has 2 heterocycles. The minimum Gasteiger partial charge on any atom is -0.469 e. The van der Waals surface area contributed by atoms with Gasteiger partial charge in [-0.1, -0.05) is 66.4 Å². The van der Waals surface area contributed by atoms with Crippen molar-refractivity contribution >= 4 is 17.7 Å². The van der Waals surface area contributed by atoms with Crippen LogP contribution in [0.5, 0.6) is 0 Å². The first kappa shape index (κ1) is 22.5. The molecule has 2 aromatic carbocycles. The lowest BCUT2D eigenvalue weighted by molar-refractivity contribution is -0.121. The molecule has 34 heavy (non-hydrogen) atoms. The summed E-state index contributed by atoms with van der Waals surface area (Å²) in [6, 6.07) is 20.6. The van der Waals surface area contributed by atoms with Crippen LogP contribution in [0.2, 0.25) is 0 Å². The van der Waals surface area contributed by atoms with Crippen LogP contribution in [0.3, 0.4) is 0 Å². The van der Waals surface area contributed by atoms with Crippen molar-refractivity contribution in [3.63, 3.8) is 0 Å². The van der Waals surface area contributed by atoms with E-state index >= 15 is 0 Å². The number of thioether (sulfide) groups is 1. The van der Waals surface area contributed by atoms with Crippen molar-refractivity contribution in [2.24, 2.45) is 0 Å². The van der Waals surface area contributed by atoms with Crippen LogP contribution in [-0.2, 0) is 17.8 Å². The maximum absolute atomic E-state index is 13.2. The fourth-order valence-corrected chi connectivity index (χ4v) is 5.36. The largest absolute Gasteiger partial charge is 0.469 e. The van der Waals surface area contributed by atoms with Gasteiger partial charge >= 0.3 is 0 Å². The number of carbonyl (C=O) groups is 1. The maximum Gasteiger partial charge on any atom is 0.233 e. The summed E-state index contributed by atoms with van der Waals surface area (Å²) in [6.45, 7) is 4.46. The third-order valence-electron chi connectivity index (χ3n) is 6.34. The Morgan fingerprint density at radius 1 is 1.15 bits per heavy atom. The lowest BCUT2D eigenvalue weighted by Gasteiger charge is -2.27. The zero-order valence-electron chi connectivity index (χ0n) is 19.4. The van der Waals surface area contributed by atoms with E-state index in [1.165, 1.54) is 22.9 Å². The predicted molar refractivity (Wildman–Crippen MR) is 134 cm³/mol.